The highest BCUT2D eigenvalue weighted by molar-refractivity contribution is 6.07. The molecule has 3 aromatic heterocycles. The predicted octanol–water partition coefficient (Wildman–Crippen LogP) is 3.40. The summed E-state index contributed by atoms with van der Waals surface area (Å²) in [6.45, 7) is 8.52. The smallest absolute Gasteiger partial charge is 0.324 e. The predicted molar refractivity (Wildman–Crippen MR) is 135 cm³/mol. The molecule has 0 bridgehead atoms. The van der Waals surface area contributed by atoms with Crippen LogP contribution in [-0.4, -0.2) is 42.9 Å². The van der Waals surface area contributed by atoms with E-state index in [2.05, 4.69) is 51.9 Å². The number of aromatic nitrogens is 5. The molecule has 0 unspecified atom stereocenters. The molecular formula is C24H29N9O2. The Labute approximate surface area is 202 Å². The van der Waals surface area contributed by atoms with Crippen LogP contribution in [0, 0.1) is 0 Å². The summed E-state index contributed by atoms with van der Waals surface area (Å²) < 4.78 is 3.18. The molecule has 0 radical (unpaired) electrons. The molecule has 0 saturated heterocycles. The first-order valence-corrected chi connectivity index (χ1v) is 11.2. The number of urea groups is 1. The van der Waals surface area contributed by atoms with Crippen molar-refractivity contribution in [1.29, 1.82) is 0 Å². The van der Waals surface area contributed by atoms with Gasteiger partial charge in [-0.2, -0.15) is 10.2 Å². The molecule has 11 heteroatoms. The van der Waals surface area contributed by atoms with Crippen LogP contribution in [0.2, 0.25) is 0 Å². The fourth-order valence-corrected chi connectivity index (χ4v) is 3.70. The Kier molecular flexibility index (Phi) is 6.16. The molecular weight excluding hydrogens is 446 g/mol. The monoisotopic (exact) mass is 475 g/mol. The van der Waals surface area contributed by atoms with Gasteiger partial charge in [0.25, 0.3) is 5.91 Å². The summed E-state index contributed by atoms with van der Waals surface area (Å²) in [6, 6.07) is 8.59. The summed E-state index contributed by atoms with van der Waals surface area (Å²) >= 11 is 0. The average Bonchev–Trinajstić information content (AvgIpc) is 3.36. The lowest BCUT2D eigenvalue weighted by atomic mass is 9.92. The van der Waals surface area contributed by atoms with E-state index in [0.29, 0.717) is 34.7 Å². The fourth-order valence-electron chi connectivity index (χ4n) is 3.70. The number of rotatable bonds is 5. The number of carbonyl (C=O) groups is 2. The summed E-state index contributed by atoms with van der Waals surface area (Å²) in [7, 11) is 1.78. The minimum absolute atomic E-state index is 0.130. The van der Waals surface area contributed by atoms with Gasteiger partial charge in [-0.1, -0.05) is 32.9 Å². The lowest BCUT2D eigenvalue weighted by Gasteiger charge is -2.13. The SMILES string of the molecule is CCNC(=O)c1cn2ncnc(N)c2c1-c1ccc(NC(=O)Nc2cc(C(C)(C)C)nn2C)cc1. The van der Waals surface area contributed by atoms with Gasteiger partial charge < -0.3 is 16.4 Å². The highest BCUT2D eigenvalue weighted by Crippen LogP contribution is 2.33. The average molecular weight is 476 g/mol. The number of carbonyl (C=O) groups excluding carboxylic acids is 2. The number of nitrogens with zero attached hydrogens (tertiary/aromatic N) is 5. The third-order valence-electron chi connectivity index (χ3n) is 5.51. The molecule has 0 aliphatic rings. The maximum absolute atomic E-state index is 12.7. The number of nitrogens with two attached hydrogens (primary N) is 1. The number of hydrogen-bond donors (Lipinski definition) is 4. The zero-order valence-corrected chi connectivity index (χ0v) is 20.4. The Morgan fingerprint density at radius 3 is 2.46 bits per heavy atom. The van der Waals surface area contributed by atoms with E-state index < -0.39 is 6.03 Å². The Bertz CT molecular complexity index is 1400. The van der Waals surface area contributed by atoms with Gasteiger partial charge in [0.2, 0.25) is 0 Å². The van der Waals surface area contributed by atoms with E-state index in [-0.39, 0.29) is 17.1 Å². The number of aryl methyl sites for hydroxylation is 1. The van der Waals surface area contributed by atoms with E-state index >= 15 is 0 Å². The fraction of sp³-hybridized carbons (Fsp3) is 0.292. The highest BCUT2D eigenvalue weighted by atomic mass is 16.2. The molecule has 0 aliphatic heterocycles. The van der Waals surface area contributed by atoms with Crippen molar-refractivity contribution in [2.24, 2.45) is 7.05 Å². The van der Waals surface area contributed by atoms with E-state index in [1.807, 2.05) is 25.1 Å². The summed E-state index contributed by atoms with van der Waals surface area (Å²) in [4.78, 5) is 29.4. The van der Waals surface area contributed by atoms with Crippen molar-refractivity contribution in [2.75, 3.05) is 22.9 Å². The zero-order chi connectivity index (χ0) is 25.3. The van der Waals surface area contributed by atoms with Crippen LogP contribution in [0.3, 0.4) is 0 Å². The summed E-state index contributed by atoms with van der Waals surface area (Å²) in [6.07, 6.45) is 2.97. The number of fused-ring (bicyclic) bond motifs is 1. The van der Waals surface area contributed by atoms with Crippen LogP contribution < -0.4 is 21.7 Å². The molecule has 0 spiro atoms. The van der Waals surface area contributed by atoms with Crippen LogP contribution in [0.1, 0.15) is 43.7 Å². The molecule has 5 N–H and O–H groups in total. The van der Waals surface area contributed by atoms with Crippen molar-refractivity contribution in [3.05, 3.63) is 54.1 Å². The number of anilines is 3. The quantitative estimate of drug-likeness (QED) is 0.348. The molecule has 4 aromatic rings. The Hall–Kier alpha value is -4.41. The number of hydrogen-bond acceptors (Lipinski definition) is 6. The molecule has 0 saturated carbocycles. The minimum Gasteiger partial charge on any atom is -0.382 e. The number of benzene rings is 1. The van der Waals surface area contributed by atoms with Gasteiger partial charge in [-0.25, -0.2) is 14.3 Å². The van der Waals surface area contributed by atoms with Crippen LogP contribution in [0.5, 0.6) is 0 Å². The molecule has 11 nitrogen and oxygen atoms in total. The van der Waals surface area contributed by atoms with Crippen LogP contribution in [0.15, 0.2) is 42.9 Å². The van der Waals surface area contributed by atoms with Crippen molar-refractivity contribution < 1.29 is 9.59 Å². The van der Waals surface area contributed by atoms with Crippen molar-refractivity contribution >= 4 is 34.8 Å². The molecule has 35 heavy (non-hydrogen) atoms. The Morgan fingerprint density at radius 1 is 1.11 bits per heavy atom. The Morgan fingerprint density at radius 2 is 1.83 bits per heavy atom. The van der Waals surface area contributed by atoms with Gasteiger partial charge >= 0.3 is 6.03 Å². The highest BCUT2D eigenvalue weighted by Gasteiger charge is 2.22. The van der Waals surface area contributed by atoms with Gasteiger partial charge in [0.1, 0.15) is 17.7 Å². The second kappa shape index (κ2) is 9.09. The van der Waals surface area contributed by atoms with E-state index in [0.717, 1.165) is 11.3 Å². The first kappa shape index (κ1) is 23.7. The normalized spacial score (nSPS) is 11.5. The first-order valence-electron chi connectivity index (χ1n) is 11.2. The van der Waals surface area contributed by atoms with Crippen molar-refractivity contribution in [1.82, 2.24) is 29.7 Å². The summed E-state index contributed by atoms with van der Waals surface area (Å²) in [5.74, 6) is 0.615. The summed E-state index contributed by atoms with van der Waals surface area (Å²) in [5.41, 5.74) is 9.78. The van der Waals surface area contributed by atoms with Crippen LogP contribution in [0.25, 0.3) is 16.6 Å². The van der Waals surface area contributed by atoms with Gasteiger partial charge in [0.15, 0.2) is 5.82 Å². The molecule has 0 fully saturated rings. The molecule has 4 rings (SSSR count). The second-order valence-corrected chi connectivity index (χ2v) is 9.16. The molecule has 0 aliphatic carbocycles. The van der Waals surface area contributed by atoms with E-state index in [1.54, 1.807) is 34.6 Å². The molecule has 3 heterocycles. The van der Waals surface area contributed by atoms with Gasteiger partial charge in [0, 0.05) is 42.5 Å². The molecule has 3 amide bonds. The van der Waals surface area contributed by atoms with E-state index in [4.69, 9.17) is 5.73 Å². The minimum atomic E-state index is -0.392. The Balaban J connectivity index is 1.58. The molecule has 182 valence electrons. The van der Waals surface area contributed by atoms with Gasteiger partial charge in [0.05, 0.1) is 11.3 Å². The van der Waals surface area contributed by atoms with Crippen LogP contribution in [-0.2, 0) is 12.5 Å². The number of amides is 3. The van der Waals surface area contributed by atoms with E-state index in [1.165, 1.54) is 6.33 Å². The third kappa shape index (κ3) is 4.79. The van der Waals surface area contributed by atoms with Crippen LogP contribution in [0.4, 0.5) is 22.1 Å². The standard InChI is InChI=1S/C24H29N9O2/c1-6-26-22(34)16-12-33-20(21(25)27-13-28-33)19(16)14-7-9-15(10-8-14)29-23(35)30-18-11-17(24(2,3)4)31-32(18)5/h7-13H,6H2,1-5H3,(H,26,34)(H2,25,27,28)(H2,29,30,35). The maximum atomic E-state index is 12.7. The lowest BCUT2D eigenvalue weighted by molar-refractivity contribution is 0.0956. The summed E-state index contributed by atoms with van der Waals surface area (Å²) in [5, 5.41) is 17.1. The zero-order valence-electron chi connectivity index (χ0n) is 20.4. The van der Waals surface area contributed by atoms with Gasteiger partial charge in [-0.15, -0.1) is 0 Å². The lowest BCUT2D eigenvalue weighted by Crippen LogP contribution is -2.22. The topological polar surface area (TPSA) is 144 Å². The number of nitrogen functional groups attached to an aromatic ring is 1. The molecule has 1 aromatic carbocycles. The second-order valence-electron chi connectivity index (χ2n) is 9.16. The largest absolute Gasteiger partial charge is 0.382 e. The van der Waals surface area contributed by atoms with Gasteiger partial charge in [-0.3, -0.25) is 14.8 Å². The van der Waals surface area contributed by atoms with E-state index in [9.17, 15) is 9.59 Å². The van der Waals surface area contributed by atoms with Crippen molar-refractivity contribution in [3.63, 3.8) is 0 Å². The van der Waals surface area contributed by atoms with Crippen LogP contribution >= 0.6 is 0 Å². The first-order chi connectivity index (χ1) is 16.6. The van der Waals surface area contributed by atoms with Gasteiger partial charge in [-0.05, 0) is 24.6 Å². The van der Waals surface area contributed by atoms with Crippen molar-refractivity contribution in [3.8, 4) is 11.1 Å². The number of nitrogens with one attached hydrogen (secondary N) is 3. The van der Waals surface area contributed by atoms with Crippen molar-refractivity contribution in [2.45, 2.75) is 33.1 Å². The molecule has 0 atom stereocenters. The third-order valence-corrected chi connectivity index (χ3v) is 5.51. The maximum Gasteiger partial charge on any atom is 0.324 e.